The van der Waals surface area contributed by atoms with Gasteiger partial charge in [-0.15, -0.1) is 0 Å². The van der Waals surface area contributed by atoms with E-state index in [1.165, 1.54) is 33.6 Å². The first-order valence-electron chi connectivity index (χ1n) is 9.82. The zero-order valence-corrected chi connectivity index (χ0v) is 18.8. The van der Waals surface area contributed by atoms with Gasteiger partial charge in [-0.25, -0.2) is 13.4 Å². The number of benzene rings is 1. The SMILES string of the molecule is CN(CC(=O)Nc1ccc(Cl)c(C(F)(F)F)c1)c1ccc(S(=O)(=O)N2CCCCC2)cn1. The van der Waals surface area contributed by atoms with Gasteiger partial charge in [-0.1, -0.05) is 18.0 Å². The number of alkyl halides is 3. The van der Waals surface area contributed by atoms with E-state index in [0.29, 0.717) is 18.9 Å². The Balaban J connectivity index is 1.64. The van der Waals surface area contributed by atoms with Crippen LogP contribution >= 0.6 is 11.6 Å². The number of hydrogen-bond donors (Lipinski definition) is 1. The molecule has 1 aromatic carbocycles. The van der Waals surface area contributed by atoms with E-state index >= 15 is 0 Å². The quantitative estimate of drug-likeness (QED) is 0.661. The molecule has 2 heterocycles. The molecule has 2 aromatic rings. The number of likely N-dealkylation sites (N-methyl/N-ethyl adjacent to an activating group) is 1. The van der Waals surface area contributed by atoms with Crippen molar-refractivity contribution in [2.45, 2.75) is 30.3 Å². The summed E-state index contributed by atoms with van der Waals surface area (Å²) in [7, 11) is -2.06. The van der Waals surface area contributed by atoms with E-state index in [0.717, 1.165) is 31.4 Å². The van der Waals surface area contributed by atoms with Crippen molar-refractivity contribution in [3.05, 3.63) is 47.1 Å². The first-order valence-corrected chi connectivity index (χ1v) is 11.6. The fourth-order valence-corrected chi connectivity index (χ4v) is 5.01. The maximum Gasteiger partial charge on any atom is 0.417 e. The number of hydrogen-bond acceptors (Lipinski definition) is 5. The van der Waals surface area contributed by atoms with E-state index in [2.05, 4.69) is 10.3 Å². The van der Waals surface area contributed by atoms with E-state index in [1.807, 2.05) is 0 Å². The molecular formula is C20H22ClF3N4O3S. The summed E-state index contributed by atoms with van der Waals surface area (Å²) in [5.74, 6) is -0.236. The molecule has 0 atom stereocenters. The molecule has 1 aromatic heterocycles. The molecule has 7 nitrogen and oxygen atoms in total. The highest BCUT2D eigenvalue weighted by Crippen LogP contribution is 2.36. The molecule has 1 fully saturated rings. The van der Waals surface area contributed by atoms with Gasteiger partial charge in [0.05, 0.1) is 17.1 Å². The molecule has 32 heavy (non-hydrogen) atoms. The molecule has 1 aliphatic rings. The van der Waals surface area contributed by atoms with Crippen LogP contribution in [0.3, 0.4) is 0 Å². The van der Waals surface area contributed by atoms with Crippen LogP contribution in [0.5, 0.6) is 0 Å². The number of anilines is 2. The lowest BCUT2D eigenvalue weighted by molar-refractivity contribution is -0.137. The van der Waals surface area contributed by atoms with Gasteiger partial charge in [0.2, 0.25) is 15.9 Å². The molecule has 12 heteroatoms. The van der Waals surface area contributed by atoms with Gasteiger partial charge in [-0.3, -0.25) is 4.79 Å². The van der Waals surface area contributed by atoms with Gasteiger partial charge in [0.15, 0.2) is 0 Å². The summed E-state index contributed by atoms with van der Waals surface area (Å²) in [6.07, 6.45) is -0.762. The van der Waals surface area contributed by atoms with Crippen molar-refractivity contribution in [1.82, 2.24) is 9.29 Å². The number of carbonyl (C=O) groups is 1. The van der Waals surface area contributed by atoms with Crippen LogP contribution in [0.2, 0.25) is 5.02 Å². The van der Waals surface area contributed by atoms with Crippen molar-refractivity contribution < 1.29 is 26.4 Å². The van der Waals surface area contributed by atoms with Crippen LogP contribution in [-0.4, -0.2) is 50.3 Å². The van der Waals surface area contributed by atoms with Gasteiger partial charge < -0.3 is 10.2 Å². The predicted octanol–water partition coefficient (Wildman–Crippen LogP) is 4.00. The molecule has 0 radical (unpaired) electrons. The number of pyridine rings is 1. The molecule has 1 saturated heterocycles. The monoisotopic (exact) mass is 490 g/mol. The van der Waals surface area contributed by atoms with Crippen LogP contribution < -0.4 is 10.2 Å². The minimum Gasteiger partial charge on any atom is -0.350 e. The second kappa shape index (κ2) is 9.63. The van der Waals surface area contributed by atoms with E-state index in [4.69, 9.17) is 11.6 Å². The number of nitrogens with one attached hydrogen (secondary N) is 1. The molecule has 174 valence electrons. The Hall–Kier alpha value is -2.37. The summed E-state index contributed by atoms with van der Waals surface area (Å²) in [5, 5.41) is 1.93. The number of nitrogens with zero attached hydrogens (tertiary/aromatic N) is 3. The lowest BCUT2D eigenvalue weighted by atomic mass is 10.2. The molecule has 0 unspecified atom stereocenters. The van der Waals surface area contributed by atoms with Crippen molar-refractivity contribution >= 4 is 39.0 Å². The second-order valence-corrected chi connectivity index (χ2v) is 9.76. The number of rotatable bonds is 6. The fourth-order valence-electron chi connectivity index (χ4n) is 3.32. The number of aromatic nitrogens is 1. The van der Waals surface area contributed by atoms with Crippen LogP contribution in [0, 0.1) is 0 Å². The first-order chi connectivity index (χ1) is 15.0. The minimum atomic E-state index is -4.64. The van der Waals surface area contributed by atoms with Crippen molar-refractivity contribution in [3.63, 3.8) is 0 Å². The highest BCUT2D eigenvalue weighted by Gasteiger charge is 2.33. The maximum absolute atomic E-state index is 13.0. The van der Waals surface area contributed by atoms with E-state index in [1.54, 1.807) is 7.05 Å². The van der Waals surface area contributed by atoms with Crippen LogP contribution in [0.15, 0.2) is 41.4 Å². The Morgan fingerprint density at radius 3 is 2.47 bits per heavy atom. The number of amides is 1. The summed E-state index contributed by atoms with van der Waals surface area (Å²) in [6, 6.07) is 6.00. The number of halogens is 4. The predicted molar refractivity (Wildman–Crippen MR) is 115 cm³/mol. The topological polar surface area (TPSA) is 82.6 Å². The van der Waals surface area contributed by atoms with Gasteiger partial charge >= 0.3 is 6.18 Å². The lowest BCUT2D eigenvalue weighted by Crippen LogP contribution is -2.35. The third-order valence-corrected chi connectivity index (χ3v) is 7.21. The van der Waals surface area contributed by atoms with Gasteiger partial charge in [-0.2, -0.15) is 17.5 Å². The van der Waals surface area contributed by atoms with E-state index in [-0.39, 0.29) is 17.1 Å². The highest BCUT2D eigenvalue weighted by molar-refractivity contribution is 7.89. The summed E-state index contributed by atoms with van der Waals surface area (Å²) in [4.78, 5) is 17.9. The standard InChI is InChI=1S/C20H22ClF3N4O3S/c1-27(13-19(29)26-14-5-7-17(21)16(11-14)20(22,23)24)18-8-6-15(12-25-18)32(30,31)28-9-3-2-4-10-28/h5-8,11-12H,2-4,9-10,13H2,1H3,(H,26,29). The third-order valence-electron chi connectivity index (χ3n) is 5.00. The summed E-state index contributed by atoms with van der Waals surface area (Å²) in [6.45, 7) is 0.741. The van der Waals surface area contributed by atoms with Crippen LogP contribution in [0.1, 0.15) is 24.8 Å². The van der Waals surface area contributed by atoms with Crippen molar-refractivity contribution in [3.8, 4) is 0 Å². The number of carbonyl (C=O) groups excluding carboxylic acids is 1. The van der Waals surface area contributed by atoms with E-state index < -0.39 is 32.7 Å². The Morgan fingerprint density at radius 1 is 1.19 bits per heavy atom. The summed E-state index contributed by atoms with van der Waals surface area (Å²) < 4.78 is 65.7. The van der Waals surface area contributed by atoms with Gasteiger partial charge in [0.1, 0.15) is 10.7 Å². The van der Waals surface area contributed by atoms with Crippen molar-refractivity contribution in [1.29, 1.82) is 0 Å². The molecule has 0 saturated carbocycles. The molecule has 1 N–H and O–H groups in total. The second-order valence-electron chi connectivity index (χ2n) is 7.41. The smallest absolute Gasteiger partial charge is 0.350 e. The van der Waals surface area contributed by atoms with Crippen LogP contribution in [-0.2, 0) is 21.0 Å². The maximum atomic E-state index is 13.0. The van der Waals surface area contributed by atoms with Crippen molar-refractivity contribution in [2.24, 2.45) is 0 Å². The Labute approximate surface area is 189 Å². The molecule has 1 aliphatic heterocycles. The molecule has 0 aliphatic carbocycles. The van der Waals surface area contributed by atoms with Gasteiger partial charge in [-0.05, 0) is 43.2 Å². The average Bonchev–Trinajstić information content (AvgIpc) is 2.75. The molecular weight excluding hydrogens is 469 g/mol. The number of piperidine rings is 1. The molecule has 3 rings (SSSR count). The highest BCUT2D eigenvalue weighted by atomic mass is 35.5. The zero-order chi connectivity index (χ0) is 23.5. The summed E-state index contributed by atoms with van der Waals surface area (Å²) >= 11 is 5.58. The van der Waals surface area contributed by atoms with Crippen LogP contribution in [0.25, 0.3) is 0 Å². The van der Waals surface area contributed by atoms with E-state index in [9.17, 15) is 26.4 Å². The first kappa shape index (κ1) is 24.3. The minimum absolute atomic E-state index is 0.0453. The zero-order valence-electron chi connectivity index (χ0n) is 17.2. The average molecular weight is 491 g/mol. The van der Waals surface area contributed by atoms with Crippen LogP contribution in [0.4, 0.5) is 24.7 Å². The van der Waals surface area contributed by atoms with Crippen molar-refractivity contribution in [2.75, 3.05) is 36.9 Å². The molecule has 1 amide bonds. The summed E-state index contributed by atoms with van der Waals surface area (Å²) in [5.41, 5.74) is -1.09. The Kier molecular flexibility index (Phi) is 7.31. The number of sulfonamides is 1. The normalized spacial score (nSPS) is 15.4. The Morgan fingerprint density at radius 2 is 1.88 bits per heavy atom. The van der Waals surface area contributed by atoms with Gasteiger partial charge in [0, 0.05) is 32.0 Å². The largest absolute Gasteiger partial charge is 0.417 e. The fraction of sp³-hybridized carbons (Fsp3) is 0.400. The Bertz CT molecular complexity index is 1070. The third kappa shape index (κ3) is 5.70. The lowest BCUT2D eigenvalue weighted by Gasteiger charge is -2.26. The van der Waals surface area contributed by atoms with Gasteiger partial charge in [0.25, 0.3) is 0 Å². The molecule has 0 bridgehead atoms. The molecule has 0 spiro atoms.